The minimum absolute atomic E-state index is 0.0573. The van der Waals surface area contributed by atoms with E-state index in [1.807, 2.05) is 23.6 Å². The predicted octanol–water partition coefficient (Wildman–Crippen LogP) is 2.86. The lowest BCUT2D eigenvalue weighted by atomic mass is 9.80. The maximum atomic E-state index is 12.6. The zero-order valence-electron chi connectivity index (χ0n) is 12.1. The maximum Gasteiger partial charge on any atom is 0.271 e. The average Bonchev–Trinajstić information content (AvgIpc) is 2.95. The number of carbonyl (C=O) groups excluding carboxylic acids is 1. The van der Waals surface area contributed by atoms with Gasteiger partial charge in [-0.25, -0.2) is 4.98 Å². The lowest BCUT2D eigenvalue weighted by molar-refractivity contribution is -0.0347. The number of amides is 1. The van der Waals surface area contributed by atoms with E-state index in [2.05, 4.69) is 22.1 Å². The summed E-state index contributed by atoms with van der Waals surface area (Å²) in [6.07, 6.45) is 3.59. The van der Waals surface area contributed by atoms with Crippen LogP contribution in [-0.4, -0.2) is 34.5 Å². The first kappa shape index (κ1) is 13.2. The van der Waals surface area contributed by atoms with Crippen molar-refractivity contribution in [3.8, 4) is 0 Å². The van der Waals surface area contributed by atoms with Crippen molar-refractivity contribution in [2.24, 2.45) is 5.92 Å². The van der Waals surface area contributed by atoms with Gasteiger partial charge in [0.1, 0.15) is 5.69 Å². The van der Waals surface area contributed by atoms with Crippen molar-refractivity contribution in [1.82, 2.24) is 15.2 Å². The minimum atomic E-state index is -0.205. The molecule has 1 amide bonds. The molecule has 21 heavy (non-hydrogen) atoms. The van der Waals surface area contributed by atoms with Crippen molar-refractivity contribution in [1.29, 1.82) is 0 Å². The third-order valence-corrected chi connectivity index (χ3v) is 5.79. The first-order valence-corrected chi connectivity index (χ1v) is 8.44. The van der Waals surface area contributed by atoms with E-state index in [1.165, 1.54) is 12.8 Å². The van der Waals surface area contributed by atoms with Crippen LogP contribution in [0.25, 0.3) is 10.2 Å². The Morgan fingerprint density at radius 1 is 1.38 bits per heavy atom. The molecule has 4 nitrogen and oxygen atoms in total. The second-order valence-electron chi connectivity index (χ2n) is 6.36. The molecule has 0 aromatic carbocycles. The third-order valence-electron chi connectivity index (χ3n) is 4.92. The van der Waals surface area contributed by atoms with Gasteiger partial charge in [-0.15, -0.1) is 11.3 Å². The van der Waals surface area contributed by atoms with Gasteiger partial charge in [0, 0.05) is 13.1 Å². The average molecular weight is 301 g/mol. The fourth-order valence-electron chi connectivity index (χ4n) is 3.74. The second-order valence-corrected chi connectivity index (χ2v) is 7.31. The summed E-state index contributed by atoms with van der Waals surface area (Å²) in [6, 6.07) is 5.77. The fourth-order valence-corrected chi connectivity index (χ4v) is 4.46. The van der Waals surface area contributed by atoms with Crippen molar-refractivity contribution < 1.29 is 4.79 Å². The Hall–Kier alpha value is -1.46. The van der Waals surface area contributed by atoms with Gasteiger partial charge < -0.3 is 5.32 Å². The molecule has 2 bridgehead atoms. The van der Waals surface area contributed by atoms with Gasteiger partial charge in [0.15, 0.2) is 0 Å². The Balaban J connectivity index is 1.57. The number of rotatable bonds is 2. The summed E-state index contributed by atoms with van der Waals surface area (Å²) in [4.78, 5) is 19.4. The van der Waals surface area contributed by atoms with Crippen molar-refractivity contribution in [2.45, 2.75) is 31.8 Å². The Morgan fingerprint density at radius 2 is 2.19 bits per heavy atom. The molecule has 0 saturated carbocycles. The topological polar surface area (TPSA) is 45.2 Å². The zero-order valence-corrected chi connectivity index (χ0v) is 12.9. The molecule has 3 fully saturated rings. The summed E-state index contributed by atoms with van der Waals surface area (Å²) in [5.74, 6) is 0.700. The van der Waals surface area contributed by atoms with Gasteiger partial charge in [-0.3, -0.25) is 9.69 Å². The van der Waals surface area contributed by atoms with Crippen LogP contribution in [-0.2, 0) is 0 Å². The van der Waals surface area contributed by atoms with Crippen LogP contribution in [0.5, 0.6) is 0 Å². The van der Waals surface area contributed by atoms with E-state index in [-0.39, 0.29) is 11.6 Å². The number of hydrogen-bond acceptors (Lipinski definition) is 4. The van der Waals surface area contributed by atoms with E-state index in [1.54, 1.807) is 11.3 Å². The number of thiophene rings is 1. The fraction of sp³-hybridized carbons (Fsp3) is 0.500. The Morgan fingerprint density at radius 3 is 2.90 bits per heavy atom. The number of carbonyl (C=O) groups is 1. The minimum Gasteiger partial charge on any atom is -0.333 e. The van der Waals surface area contributed by atoms with Gasteiger partial charge in [-0.1, -0.05) is 0 Å². The van der Waals surface area contributed by atoms with Crippen molar-refractivity contribution >= 4 is 27.5 Å². The molecule has 1 atom stereocenters. The molecule has 5 heterocycles. The number of hydrogen-bond donors (Lipinski definition) is 1. The van der Waals surface area contributed by atoms with E-state index in [4.69, 9.17) is 0 Å². The number of aromatic nitrogens is 1. The normalized spacial score (nSPS) is 31.5. The van der Waals surface area contributed by atoms with E-state index < -0.39 is 0 Å². The van der Waals surface area contributed by atoms with E-state index in [0.717, 1.165) is 35.6 Å². The molecule has 1 N–H and O–H groups in total. The van der Waals surface area contributed by atoms with Gasteiger partial charge in [-0.2, -0.15) is 0 Å². The number of pyridine rings is 1. The van der Waals surface area contributed by atoms with Crippen molar-refractivity contribution in [3.05, 3.63) is 29.3 Å². The highest BCUT2D eigenvalue weighted by atomic mass is 32.1. The Bertz CT molecular complexity index is 690. The van der Waals surface area contributed by atoms with Crippen molar-refractivity contribution in [3.63, 3.8) is 0 Å². The van der Waals surface area contributed by atoms with Crippen LogP contribution < -0.4 is 5.32 Å². The lowest BCUT2D eigenvalue weighted by Crippen LogP contribution is -2.65. The molecule has 5 heteroatoms. The van der Waals surface area contributed by atoms with Gasteiger partial charge in [-0.05, 0) is 55.7 Å². The molecule has 0 unspecified atom stereocenters. The first-order chi connectivity index (χ1) is 10.1. The summed E-state index contributed by atoms with van der Waals surface area (Å²) in [7, 11) is 0. The molecule has 0 spiro atoms. The molecule has 110 valence electrons. The zero-order chi connectivity index (χ0) is 14.4. The van der Waals surface area contributed by atoms with Gasteiger partial charge in [0.25, 0.3) is 5.91 Å². The Kier molecular flexibility index (Phi) is 3.01. The summed E-state index contributed by atoms with van der Waals surface area (Å²) in [5.41, 5.74) is 1.22. The SMILES string of the molecule is C[C@@]1(NC(=O)c2ccc3sccc3n2)CC2CCN1CC2. The van der Waals surface area contributed by atoms with Crippen LogP contribution in [0, 0.1) is 5.92 Å². The number of nitrogens with zero attached hydrogens (tertiary/aromatic N) is 2. The number of piperidine rings is 3. The summed E-state index contributed by atoms with van der Waals surface area (Å²) in [6.45, 7) is 4.34. The standard InChI is InChI=1S/C16H19N3OS/c1-16(10-11-4-7-19(16)8-5-11)18-15(20)13-2-3-14-12(17-13)6-9-21-14/h2-3,6,9,11H,4-5,7-8,10H2,1H3,(H,18,20)/t16-/m0/s1. The molecule has 0 radical (unpaired) electrons. The van der Waals surface area contributed by atoms with E-state index in [0.29, 0.717) is 5.69 Å². The monoisotopic (exact) mass is 301 g/mol. The van der Waals surface area contributed by atoms with Gasteiger partial charge in [0.05, 0.1) is 15.9 Å². The summed E-state index contributed by atoms with van der Waals surface area (Å²) < 4.78 is 1.12. The van der Waals surface area contributed by atoms with Crippen LogP contribution >= 0.6 is 11.3 Å². The summed E-state index contributed by atoms with van der Waals surface area (Å²) in [5, 5.41) is 5.23. The highest BCUT2D eigenvalue weighted by Crippen LogP contribution is 2.37. The molecule has 3 saturated heterocycles. The third kappa shape index (κ3) is 2.24. The molecular weight excluding hydrogens is 282 g/mol. The van der Waals surface area contributed by atoms with Crippen LogP contribution in [0.3, 0.4) is 0 Å². The van der Waals surface area contributed by atoms with Gasteiger partial charge >= 0.3 is 0 Å². The van der Waals surface area contributed by atoms with Crippen LogP contribution in [0.15, 0.2) is 23.6 Å². The highest BCUT2D eigenvalue weighted by Gasteiger charge is 2.43. The molecule has 3 aliphatic rings. The molecule has 5 rings (SSSR count). The smallest absolute Gasteiger partial charge is 0.271 e. The molecule has 0 aliphatic carbocycles. The predicted molar refractivity (Wildman–Crippen MR) is 84.4 cm³/mol. The van der Waals surface area contributed by atoms with Gasteiger partial charge in [0.2, 0.25) is 0 Å². The highest BCUT2D eigenvalue weighted by molar-refractivity contribution is 7.17. The molecular formula is C16H19N3OS. The second kappa shape index (κ2) is 4.78. The largest absolute Gasteiger partial charge is 0.333 e. The van der Waals surface area contributed by atoms with Crippen molar-refractivity contribution in [2.75, 3.05) is 13.1 Å². The molecule has 2 aromatic heterocycles. The van der Waals surface area contributed by atoms with Crippen LogP contribution in [0.4, 0.5) is 0 Å². The number of nitrogens with one attached hydrogen (secondary N) is 1. The quantitative estimate of drug-likeness (QED) is 0.927. The van der Waals surface area contributed by atoms with Crippen LogP contribution in [0.2, 0.25) is 0 Å². The van der Waals surface area contributed by atoms with Crippen LogP contribution in [0.1, 0.15) is 36.7 Å². The summed E-state index contributed by atoms with van der Waals surface area (Å²) >= 11 is 1.65. The maximum absolute atomic E-state index is 12.6. The first-order valence-electron chi connectivity index (χ1n) is 7.56. The lowest BCUT2D eigenvalue weighted by Gasteiger charge is -2.52. The Labute approximate surface area is 128 Å². The molecule has 2 aromatic rings. The van der Waals surface area contributed by atoms with E-state index >= 15 is 0 Å². The van der Waals surface area contributed by atoms with E-state index in [9.17, 15) is 4.79 Å². The number of fused-ring (bicyclic) bond motifs is 4. The molecule has 3 aliphatic heterocycles.